The van der Waals surface area contributed by atoms with Crippen molar-refractivity contribution in [2.24, 2.45) is 5.92 Å². The minimum absolute atomic E-state index is 0.407. The molecule has 1 heteroatoms. The van der Waals surface area contributed by atoms with Gasteiger partial charge in [-0.3, -0.25) is 0 Å². The molecule has 0 aromatic carbocycles. The fourth-order valence-electron chi connectivity index (χ4n) is 2.35. The predicted molar refractivity (Wildman–Crippen MR) is 85.9 cm³/mol. The predicted octanol–water partition coefficient (Wildman–Crippen LogP) is 5.10. The second kappa shape index (κ2) is 7.27. The minimum atomic E-state index is 0.407. The molecule has 0 aromatic rings. The number of allylic oxidation sites excluding steroid dienone is 9. The van der Waals surface area contributed by atoms with Crippen LogP contribution in [-0.2, 0) is 0 Å². The highest BCUT2D eigenvalue weighted by Gasteiger charge is 2.27. The first-order valence-corrected chi connectivity index (χ1v) is 7.46. The van der Waals surface area contributed by atoms with Crippen molar-refractivity contribution in [3.05, 3.63) is 72.4 Å². The fraction of sp³-hybridized carbons (Fsp3) is 0.294. The molecule has 1 unspecified atom stereocenters. The summed E-state index contributed by atoms with van der Waals surface area (Å²) in [5, 5.41) is 0. The Morgan fingerprint density at radius 1 is 1.06 bits per heavy atom. The van der Waals surface area contributed by atoms with Crippen LogP contribution in [0.25, 0.3) is 0 Å². The lowest BCUT2D eigenvalue weighted by atomic mass is 9.96. The summed E-state index contributed by atoms with van der Waals surface area (Å²) in [7, 11) is 0. The minimum Gasteiger partial charge on any atom is -0.161 e. The summed E-state index contributed by atoms with van der Waals surface area (Å²) in [4.78, 5) is 0. The third-order valence-corrected chi connectivity index (χ3v) is 4.11. The first kappa shape index (κ1) is 14.8. The molecule has 1 rings (SSSR count). The molecular formula is C17H22S. The summed E-state index contributed by atoms with van der Waals surface area (Å²) in [6.45, 7) is 16.1. The van der Waals surface area contributed by atoms with Crippen LogP contribution in [0.15, 0.2) is 72.4 Å². The Labute approximate surface area is 116 Å². The molecule has 0 aromatic heterocycles. The molecule has 0 bridgehead atoms. The first-order valence-electron chi connectivity index (χ1n) is 6.31. The number of rotatable bonds is 7. The molecule has 0 heterocycles. The number of hydrogen-bond acceptors (Lipinski definition) is 1. The van der Waals surface area contributed by atoms with Gasteiger partial charge in [-0.15, -0.1) is 0 Å². The Kier molecular flexibility index (Phi) is 6.00. The van der Waals surface area contributed by atoms with E-state index < -0.39 is 0 Å². The van der Waals surface area contributed by atoms with Gasteiger partial charge in [0.1, 0.15) is 0 Å². The highest BCUT2D eigenvalue weighted by molar-refractivity contribution is 7.99. The van der Waals surface area contributed by atoms with Gasteiger partial charge in [0.05, 0.1) is 0 Å². The number of thioether (sulfide) groups is 1. The van der Waals surface area contributed by atoms with Gasteiger partial charge in [0.15, 0.2) is 0 Å². The van der Waals surface area contributed by atoms with E-state index in [0.29, 0.717) is 5.92 Å². The van der Waals surface area contributed by atoms with Crippen LogP contribution in [0.5, 0.6) is 0 Å². The molecule has 1 aliphatic carbocycles. The highest BCUT2D eigenvalue weighted by atomic mass is 32.2. The molecule has 96 valence electrons. The molecule has 18 heavy (non-hydrogen) atoms. The summed E-state index contributed by atoms with van der Waals surface area (Å²) in [5.74, 6) is 2.62. The highest BCUT2D eigenvalue weighted by Crippen LogP contribution is 2.41. The van der Waals surface area contributed by atoms with Crippen molar-refractivity contribution in [1.29, 1.82) is 0 Å². The van der Waals surface area contributed by atoms with E-state index in [4.69, 9.17) is 0 Å². The van der Waals surface area contributed by atoms with Gasteiger partial charge in [-0.2, -0.15) is 11.8 Å². The van der Waals surface area contributed by atoms with Gasteiger partial charge in [0, 0.05) is 11.7 Å². The molecule has 0 N–H and O–H groups in total. The van der Waals surface area contributed by atoms with Crippen LogP contribution < -0.4 is 0 Å². The molecule has 0 aliphatic heterocycles. The zero-order valence-corrected chi connectivity index (χ0v) is 12.2. The lowest BCUT2D eigenvalue weighted by Crippen LogP contribution is -2.05. The fourth-order valence-corrected chi connectivity index (χ4v) is 3.18. The van der Waals surface area contributed by atoms with E-state index in [0.717, 1.165) is 11.5 Å². The van der Waals surface area contributed by atoms with Gasteiger partial charge in [0.25, 0.3) is 0 Å². The van der Waals surface area contributed by atoms with Gasteiger partial charge in [-0.25, -0.2) is 0 Å². The standard InChI is InChI=1S/C17H22S/c1-6-11-16-13(7-2)14(8-3)17(12-18-10-5)15(16)9-4/h6-9,11,17H,2-4,10,12H2,1,5H3/b11-6-. The third kappa shape index (κ3) is 2.78. The second-order valence-corrected chi connectivity index (χ2v) is 5.38. The molecule has 0 radical (unpaired) electrons. The zero-order chi connectivity index (χ0) is 13.5. The molecule has 1 atom stereocenters. The van der Waals surface area contributed by atoms with Crippen molar-refractivity contribution < 1.29 is 0 Å². The topological polar surface area (TPSA) is 0 Å². The van der Waals surface area contributed by atoms with Crippen LogP contribution in [0.2, 0.25) is 0 Å². The van der Waals surface area contributed by atoms with Crippen LogP contribution >= 0.6 is 11.8 Å². The van der Waals surface area contributed by atoms with Crippen LogP contribution in [0.3, 0.4) is 0 Å². The monoisotopic (exact) mass is 258 g/mol. The van der Waals surface area contributed by atoms with E-state index >= 15 is 0 Å². The van der Waals surface area contributed by atoms with Crippen LogP contribution in [0, 0.1) is 5.92 Å². The summed E-state index contributed by atoms with van der Waals surface area (Å²) in [5.41, 5.74) is 5.05. The van der Waals surface area contributed by atoms with E-state index in [1.54, 1.807) is 0 Å². The summed E-state index contributed by atoms with van der Waals surface area (Å²) in [6.07, 6.45) is 10.1. The Balaban J connectivity index is 3.29. The van der Waals surface area contributed by atoms with E-state index in [-0.39, 0.29) is 0 Å². The van der Waals surface area contributed by atoms with E-state index in [1.807, 2.05) is 36.9 Å². The zero-order valence-electron chi connectivity index (χ0n) is 11.4. The molecule has 0 amide bonds. The second-order valence-electron chi connectivity index (χ2n) is 4.06. The van der Waals surface area contributed by atoms with Gasteiger partial charge in [0.2, 0.25) is 0 Å². The average Bonchev–Trinajstić information content (AvgIpc) is 2.68. The summed E-state index contributed by atoms with van der Waals surface area (Å²) in [6, 6.07) is 0. The van der Waals surface area contributed by atoms with Crippen LogP contribution in [0.1, 0.15) is 13.8 Å². The maximum atomic E-state index is 3.97. The van der Waals surface area contributed by atoms with Crippen molar-refractivity contribution in [1.82, 2.24) is 0 Å². The normalized spacial score (nSPS) is 19.8. The molecular weight excluding hydrogens is 236 g/mol. The molecule has 0 saturated heterocycles. The summed E-state index contributed by atoms with van der Waals surface area (Å²) >= 11 is 1.95. The largest absolute Gasteiger partial charge is 0.161 e. The van der Waals surface area contributed by atoms with Crippen molar-refractivity contribution >= 4 is 11.8 Å². The van der Waals surface area contributed by atoms with E-state index in [1.165, 1.54) is 22.3 Å². The van der Waals surface area contributed by atoms with E-state index in [9.17, 15) is 0 Å². The summed E-state index contributed by atoms with van der Waals surface area (Å²) < 4.78 is 0. The van der Waals surface area contributed by atoms with Crippen LogP contribution in [-0.4, -0.2) is 11.5 Å². The lowest BCUT2D eigenvalue weighted by Gasteiger charge is -2.14. The van der Waals surface area contributed by atoms with Gasteiger partial charge in [-0.05, 0) is 35.0 Å². The lowest BCUT2D eigenvalue weighted by molar-refractivity contribution is 0.881. The smallest absolute Gasteiger partial charge is 0.0192 e. The molecule has 0 spiro atoms. The molecule has 0 nitrogen and oxygen atoms in total. The van der Waals surface area contributed by atoms with E-state index in [2.05, 4.69) is 38.8 Å². The van der Waals surface area contributed by atoms with Gasteiger partial charge < -0.3 is 0 Å². The quantitative estimate of drug-likeness (QED) is 0.612. The molecule has 0 saturated carbocycles. The molecule has 0 fully saturated rings. The van der Waals surface area contributed by atoms with Crippen molar-refractivity contribution in [3.8, 4) is 0 Å². The van der Waals surface area contributed by atoms with Gasteiger partial charge in [-0.1, -0.05) is 57.0 Å². The maximum Gasteiger partial charge on any atom is 0.0192 e. The van der Waals surface area contributed by atoms with Gasteiger partial charge >= 0.3 is 0 Å². The SMILES string of the molecule is C=CC1=C(C=C)C(CSCC)C(C=C)=C1/C=C\C. The Morgan fingerprint density at radius 2 is 1.67 bits per heavy atom. The van der Waals surface area contributed by atoms with Crippen LogP contribution in [0.4, 0.5) is 0 Å². The van der Waals surface area contributed by atoms with Crippen molar-refractivity contribution in [2.75, 3.05) is 11.5 Å². The third-order valence-electron chi connectivity index (χ3n) is 3.13. The Morgan fingerprint density at radius 3 is 2.11 bits per heavy atom. The van der Waals surface area contributed by atoms with Crippen molar-refractivity contribution in [3.63, 3.8) is 0 Å². The van der Waals surface area contributed by atoms with Crippen molar-refractivity contribution in [2.45, 2.75) is 13.8 Å². The number of hydrogen-bond donors (Lipinski definition) is 0. The first-order chi connectivity index (χ1) is 8.74. The Hall–Kier alpha value is -1.21. The maximum absolute atomic E-state index is 3.97. The Bertz CT molecular complexity index is 433. The average molecular weight is 258 g/mol. The molecule has 1 aliphatic rings.